The van der Waals surface area contributed by atoms with Crippen LogP contribution in [0.1, 0.15) is 134 Å². The molecule has 3 aromatic heterocycles. The largest absolute Gasteiger partial charge is 0.476 e. The third-order valence-electron chi connectivity index (χ3n) is 18.5. The Hall–Kier alpha value is -8.41. The number of aromatic nitrogens is 4. The van der Waals surface area contributed by atoms with Gasteiger partial charge < -0.3 is 44.8 Å². The maximum absolute atomic E-state index is 13.8. The SMILES string of the molecule is Cc1c(-c2ccc(N3CCc4cccc(C(=O)Nc5nc6ccccc6s5)c4C3)nc2C(=O)O)cnn1CC12CC3(C)CC(C)(C1)CC(OCCN(CCCP(=O)(O)O)C(=O)OC/C=C/c1cccc(NC(=O)CCNC(=O)CCCCCN4C(=O)C=CC4=O)c1)(C3)C2. The van der Waals surface area contributed by atoms with E-state index in [0.29, 0.717) is 85.2 Å². The molecule has 2 unspecified atom stereocenters. The van der Waals surface area contributed by atoms with Gasteiger partial charge in [-0.3, -0.25) is 43.4 Å². The van der Waals surface area contributed by atoms with Gasteiger partial charge >= 0.3 is 19.7 Å². The second-order valence-electron chi connectivity index (χ2n) is 26.4. The minimum absolute atomic E-state index is 0.0314. The molecule has 5 heterocycles. The van der Waals surface area contributed by atoms with Gasteiger partial charge in [-0.2, -0.15) is 5.10 Å². The Labute approximate surface area is 543 Å². The average molecular weight is 1310 g/mol. The zero-order chi connectivity index (χ0) is 65.7. The molecule has 6 aliphatic rings. The molecule has 3 aromatic carbocycles. The minimum atomic E-state index is -4.35. The molecule has 6 amide bonds. The monoisotopic (exact) mass is 1310 g/mol. The molecule has 4 saturated carbocycles. The Kier molecular flexibility index (Phi) is 19.6. The number of carbonyl (C=O) groups excluding carboxylic acids is 6. The van der Waals surface area contributed by atoms with Crippen LogP contribution in [0.5, 0.6) is 0 Å². The summed E-state index contributed by atoms with van der Waals surface area (Å²) < 4.78 is 27.6. The summed E-state index contributed by atoms with van der Waals surface area (Å²) >= 11 is 1.41. The number of nitrogens with zero attached hydrogens (tertiary/aromatic N) is 7. The van der Waals surface area contributed by atoms with Crippen molar-refractivity contribution in [2.75, 3.05) is 67.6 Å². The van der Waals surface area contributed by atoms with Crippen molar-refractivity contribution in [2.24, 2.45) is 16.2 Å². The minimum Gasteiger partial charge on any atom is -0.476 e. The fourth-order valence-corrected chi connectivity index (χ4v) is 17.1. The number of carboxylic acid groups (broad SMARTS) is 1. The summed E-state index contributed by atoms with van der Waals surface area (Å²) in [6.07, 6.45) is 14.7. The first-order chi connectivity index (χ1) is 44.4. The maximum Gasteiger partial charge on any atom is 0.410 e. The molecule has 6 aromatic rings. The molecular formula is C68H79N10O13PS. The van der Waals surface area contributed by atoms with Crippen LogP contribution in [-0.2, 0) is 52.7 Å². The summed E-state index contributed by atoms with van der Waals surface area (Å²) in [7, 11) is -4.35. The summed E-state index contributed by atoms with van der Waals surface area (Å²) in [6.45, 7) is 8.80. The quantitative estimate of drug-likeness (QED) is 0.0151. The molecule has 0 saturated heterocycles. The highest BCUT2D eigenvalue weighted by Crippen LogP contribution is 2.72. The molecule has 6 N–H and O–H groups in total. The molecule has 0 radical (unpaired) electrons. The molecule has 4 aliphatic carbocycles. The average Bonchev–Trinajstić information content (AvgIpc) is 0.738. The van der Waals surface area contributed by atoms with Crippen molar-refractivity contribution < 1.29 is 62.5 Å². The summed E-state index contributed by atoms with van der Waals surface area (Å²) in [6, 6.07) is 24.1. The van der Waals surface area contributed by atoms with Crippen molar-refractivity contribution >= 4 is 93.5 Å². The number of amides is 6. The Morgan fingerprint density at radius 2 is 1.59 bits per heavy atom. The van der Waals surface area contributed by atoms with Crippen molar-refractivity contribution in [3.05, 3.63) is 137 Å². The lowest BCUT2D eigenvalue weighted by Crippen LogP contribution is -2.64. The maximum atomic E-state index is 13.8. The summed E-state index contributed by atoms with van der Waals surface area (Å²) in [5, 5.41) is 24.8. The van der Waals surface area contributed by atoms with Gasteiger partial charge in [0.25, 0.3) is 17.7 Å². The van der Waals surface area contributed by atoms with Crippen LogP contribution in [0, 0.1) is 23.2 Å². The Bertz CT molecular complexity index is 3920. The molecule has 490 valence electrons. The predicted octanol–water partition coefficient (Wildman–Crippen LogP) is 10.2. The van der Waals surface area contributed by atoms with E-state index in [9.17, 15) is 53.0 Å². The number of carboxylic acids is 1. The van der Waals surface area contributed by atoms with E-state index in [1.165, 1.54) is 33.3 Å². The number of ether oxygens (including phenoxy) is 2. The number of pyridine rings is 1. The number of nitrogens with one attached hydrogen (secondary N) is 3. The lowest BCUT2D eigenvalue weighted by atomic mass is 9.39. The first kappa shape index (κ1) is 66.1. The first-order valence-electron chi connectivity index (χ1n) is 31.7. The molecular weight excluding hydrogens is 1230 g/mol. The van der Waals surface area contributed by atoms with Gasteiger partial charge in [0.1, 0.15) is 12.4 Å². The fourth-order valence-electron chi connectivity index (χ4n) is 15.7. The molecule has 0 spiro atoms. The van der Waals surface area contributed by atoms with Crippen LogP contribution >= 0.6 is 18.9 Å². The molecule has 4 bridgehead atoms. The number of anilines is 3. The molecule has 23 nitrogen and oxygen atoms in total. The number of rotatable bonds is 28. The van der Waals surface area contributed by atoms with Gasteiger partial charge in [-0.1, -0.05) is 74.1 Å². The number of imide groups is 1. The van der Waals surface area contributed by atoms with Crippen molar-refractivity contribution in [1.82, 2.24) is 34.9 Å². The Balaban J connectivity index is 0.684. The molecule has 93 heavy (non-hydrogen) atoms. The molecule has 4 fully saturated rings. The molecule has 2 aliphatic heterocycles. The van der Waals surface area contributed by atoms with E-state index in [1.807, 2.05) is 65.0 Å². The smallest absolute Gasteiger partial charge is 0.410 e. The Morgan fingerprint density at radius 3 is 2.35 bits per heavy atom. The normalized spacial score (nSPS) is 21.4. The molecule has 12 rings (SSSR count). The van der Waals surface area contributed by atoms with Crippen LogP contribution in [0.2, 0.25) is 0 Å². The number of para-hydroxylation sites is 1. The van der Waals surface area contributed by atoms with Crippen LogP contribution in [-0.4, -0.2) is 144 Å². The number of carbonyl (C=O) groups is 7. The molecule has 2 atom stereocenters. The number of thiazole rings is 1. The number of fused-ring (bicyclic) bond motifs is 2. The number of aromatic carboxylic acids is 1. The zero-order valence-corrected chi connectivity index (χ0v) is 54.3. The fraction of sp³-hybridized carbons (Fsp3) is 0.441. The third-order valence-corrected chi connectivity index (χ3v) is 20.4. The summed E-state index contributed by atoms with van der Waals surface area (Å²) in [5.74, 6) is -2.10. The lowest BCUT2D eigenvalue weighted by molar-refractivity contribution is -0.248. The van der Waals surface area contributed by atoms with E-state index in [1.54, 1.807) is 48.7 Å². The van der Waals surface area contributed by atoms with Crippen molar-refractivity contribution in [3.8, 4) is 11.1 Å². The number of hydrogen-bond acceptors (Lipinski definition) is 15. The van der Waals surface area contributed by atoms with Crippen molar-refractivity contribution in [3.63, 3.8) is 0 Å². The number of unbranched alkanes of at least 4 members (excludes halogenated alkanes) is 2. The second-order valence-corrected chi connectivity index (χ2v) is 29.2. The van der Waals surface area contributed by atoms with E-state index < -0.39 is 31.4 Å². The summed E-state index contributed by atoms with van der Waals surface area (Å²) in [4.78, 5) is 123. The number of benzene rings is 3. The van der Waals surface area contributed by atoms with Crippen LogP contribution in [0.3, 0.4) is 0 Å². The van der Waals surface area contributed by atoms with Gasteiger partial charge in [0.15, 0.2) is 10.8 Å². The second kappa shape index (κ2) is 27.7. The van der Waals surface area contributed by atoms with Crippen LogP contribution in [0.15, 0.2) is 103 Å². The van der Waals surface area contributed by atoms with Gasteiger partial charge in [-0.25, -0.2) is 19.6 Å². The Morgan fingerprint density at radius 1 is 0.817 bits per heavy atom. The predicted molar refractivity (Wildman–Crippen MR) is 351 cm³/mol. The highest BCUT2D eigenvalue weighted by molar-refractivity contribution is 7.51. The van der Waals surface area contributed by atoms with E-state index >= 15 is 0 Å². The van der Waals surface area contributed by atoms with Gasteiger partial charge in [0.05, 0.1) is 34.8 Å². The number of hydrogen-bond donors (Lipinski definition) is 6. The topological polar surface area (TPSA) is 305 Å². The standard InChI is InChI=1S/C68H79N10O13PS/c1-45-51(49-21-22-55(73-60(49)62(84)85)76-30-26-47-15-10-17-50(52(47)37-76)61(83)74-63-72-53-18-6-7-19-54(53)93-63)36-70-78(45)44-67-39-65(2)38-66(3,40-67)42-68(41-65,43-67)91-33-31-75(28-12-34-92(87,88)89)64(86)90-32-11-14-46-13-9-16-48(35-46)71-57(80)25-27-69-56(79)20-5-4-8-29-77-58(81)23-24-59(77)82/h6-7,9-11,13-19,21-24,35-36H,4-5,8,12,20,25-34,37-44H2,1-3H3,(H,69,79)(H,71,80)(H,84,85)(H,72,74,83)(H2,87,88,89)/b14-11+. The van der Waals surface area contributed by atoms with E-state index in [2.05, 4.69) is 34.8 Å². The van der Waals surface area contributed by atoms with E-state index in [-0.39, 0.29) is 104 Å². The van der Waals surface area contributed by atoms with Gasteiger partial charge in [0.2, 0.25) is 11.8 Å². The zero-order valence-electron chi connectivity index (χ0n) is 52.6. The lowest BCUT2D eigenvalue weighted by Gasteiger charge is -2.69. The van der Waals surface area contributed by atoms with E-state index in [0.717, 1.165) is 71.1 Å². The van der Waals surface area contributed by atoms with E-state index in [4.69, 9.17) is 19.6 Å². The van der Waals surface area contributed by atoms with Crippen LogP contribution in [0.25, 0.3) is 27.4 Å². The highest BCUT2D eigenvalue weighted by Gasteiger charge is 2.66. The highest BCUT2D eigenvalue weighted by atomic mass is 32.1. The van der Waals surface area contributed by atoms with Gasteiger partial charge in [-0.05, 0) is 153 Å². The van der Waals surface area contributed by atoms with Crippen LogP contribution < -0.4 is 20.9 Å². The van der Waals surface area contributed by atoms with Crippen molar-refractivity contribution in [1.29, 1.82) is 0 Å². The summed E-state index contributed by atoms with van der Waals surface area (Å²) in [5.41, 5.74) is 5.46. The van der Waals surface area contributed by atoms with Gasteiger partial charge in [-0.15, -0.1) is 0 Å². The van der Waals surface area contributed by atoms with Gasteiger partial charge in [0, 0.05) is 98.9 Å². The molecule has 25 heteroatoms. The van der Waals surface area contributed by atoms with Crippen LogP contribution in [0.4, 0.5) is 21.4 Å². The third kappa shape index (κ3) is 16.0. The van der Waals surface area contributed by atoms with Crippen molar-refractivity contribution in [2.45, 2.75) is 123 Å². The first-order valence-corrected chi connectivity index (χ1v) is 34.3.